The maximum Gasteiger partial charge on any atom is 0.332 e. The minimum atomic E-state index is -0.502. The van der Waals surface area contributed by atoms with Crippen molar-refractivity contribution in [3.8, 4) is 0 Å². The van der Waals surface area contributed by atoms with Crippen LogP contribution in [0.15, 0.2) is 0 Å². The van der Waals surface area contributed by atoms with Crippen LogP contribution in [0.25, 0.3) is 0 Å². The molecule has 100 valence electrons. The van der Waals surface area contributed by atoms with Crippen molar-refractivity contribution in [2.75, 3.05) is 32.0 Å². The van der Waals surface area contributed by atoms with Crippen LogP contribution in [0.1, 0.15) is 12.6 Å². The van der Waals surface area contributed by atoms with Crippen LogP contribution in [0.3, 0.4) is 0 Å². The summed E-state index contributed by atoms with van der Waals surface area (Å²) >= 11 is 5.70. The van der Waals surface area contributed by atoms with Crippen molar-refractivity contribution in [2.45, 2.75) is 13.8 Å². The molecule has 0 spiro atoms. The van der Waals surface area contributed by atoms with Crippen molar-refractivity contribution in [1.29, 1.82) is 0 Å². The second-order valence-electron chi connectivity index (χ2n) is 3.86. The summed E-state index contributed by atoms with van der Waals surface area (Å²) in [6, 6.07) is 0. The van der Waals surface area contributed by atoms with E-state index in [0.717, 1.165) is 13.1 Å². The molecule has 0 aliphatic rings. The Kier molecular flexibility index (Phi) is 5.24. The number of nitro groups is 1. The zero-order valence-electron chi connectivity index (χ0n) is 10.6. The zero-order chi connectivity index (χ0) is 13.7. The van der Waals surface area contributed by atoms with E-state index in [0.29, 0.717) is 6.54 Å². The van der Waals surface area contributed by atoms with Gasteiger partial charge >= 0.3 is 5.69 Å². The Balaban J connectivity index is 2.83. The van der Waals surface area contributed by atoms with Gasteiger partial charge < -0.3 is 10.2 Å². The second kappa shape index (κ2) is 6.46. The predicted octanol–water partition coefficient (Wildman–Crippen LogP) is 1.71. The van der Waals surface area contributed by atoms with Gasteiger partial charge in [-0.15, -0.1) is 0 Å². The van der Waals surface area contributed by atoms with Crippen molar-refractivity contribution in [3.63, 3.8) is 0 Å². The van der Waals surface area contributed by atoms with Gasteiger partial charge in [0.05, 0.1) is 4.92 Å². The van der Waals surface area contributed by atoms with E-state index in [-0.39, 0.29) is 22.5 Å². The highest BCUT2D eigenvalue weighted by Crippen LogP contribution is 2.26. The molecule has 0 atom stereocenters. The molecule has 0 amide bonds. The number of nitrogens with zero attached hydrogens (tertiary/aromatic N) is 4. The molecular weight excluding hydrogens is 258 g/mol. The Morgan fingerprint density at radius 3 is 2.72 bits per heavy atom. The number of halogens is 1. The molecule has 0 aliphatic carbocycles. The van der Waals surface area contributed by atoms with Gasteiger partial charge in [0.25, 0.3) is 0 Å². The molecule has 7 nitrogen and oxygen atoms in total. The minimum absolute atomic E-state index is 0.00412. The van der Waals surface area contributed by atoms with Crippen LogP contribution in [0.2, 0.25) is 5.28 Å². The molecule has 0 radical (unpaired) electrons. The topological polar surface area (TPSA) is 84.2 Å². The molecule has 0 fully saturated rings. The fraction of sp³-hybridized carbons (Fsp3) is 0.600. The molecule has 0 aliphatic heterocycles. The SMILES string of the molecule is CCN(C)CCNc1nc(Cl)nc(C)c1[N+](=O)[O-]. The third-order valence-electron chi connectivity index (χ3n) is 2.54. The third kappa shape index (κ3) is 3.78. The highest BCUT2D eigenvalue weighted by atomic mass is 35.5. The molecule has 0 bridgehead atoms. The number of hydrogen-bond donors (Lipinski definition) is 1. The Morgan fingerprint density at radius 1 is 1.50 bits per heavy atom. The van der Waals surface area contributed by atoms with Gasteiger partial charge in [-0.05, 0) is 32.1 Å². The fourth-order valence-corrected chi connectivity index (χ4v) is 1.61. The quantitative estimate of drug-likeness (QED) is 0.482. The first-order chi connectivity index (χ1) is 8.45. The van der Waals surface area contributed by atoms with Gasteiger partial charge in [-0.25, -0.2) is 4.98 Å². The smallest absolute Gasteiger partial charge is 0.332 e. The van der Waals surface area contributed by atoms with Crippen molar-refractivity contribution in [3.05, 3.63) is 21.1 Å². The molecule has 0 aromatic carbocycles. The van der Waals surface area contributed by atoms with Gasteiger partial charge in [0, 0.05) is 13.1 Å². The van der Waals surface area contributed by atoms with Crippen molar-refractivity contribution < 1.29 is 4.92 Å². The fourth-order valence-electron chi connectivity index (χ4n) is 1.40. The van der Waals surface area contributed by atoms with Crippen molar-refractivity contribution in [1.82, 2.24) is 14.9 Å². The summed E-state index contributed by atoms with van der Waals surface area (Å²) in [5.41, 5.74) is 0.130. The molecule has 0 saturated carbocycles. The summed E-state index contributed by atoms with van der Waals surface area (Å²) in [4.78, 5) is 20.2. The lowest BCUT2D eigenvalue weighted by molar-refractivity contribution is -0.385. The van der Waals surface area contributed by atoms with E-state index in [1.165, 1.54) is 6.92 Å². The molecule has 0 saturated heterocycles. The number of rotatable bonds is 6. The number of hydrogen-bond acceptors (Lipinski definition) is 6. The molecule has 1 aromatic heterocycles. The number of anilines is 1. The Bertz CT molecular complexity index is 441. The van der Waals surface area contributed by atoms with Crippen LogP contribution in [0.4, 0.5) is 11.5 Å². The Morgan fingerprint density at radius 2 is 2.17 bits per heavy atom. The highest BCUT2D eigenvalue weighted by molar-refractivity contribution is 6.28. The zero-order valence-corrected chi connectivity index (χ0v) is 11.4. The average molecular weight is 274 g/mol. The normalized spacial score (nSPS) is 10.7. The second-order valence-corrected chi connectivity index (χ2v) is 4.19. The standard InChI is InChI=1S/C10H16ClN5O2/c1-4-15(3)6-5-12-9-8(16(17)18)7(2)13-10(11)14-9/h4-6H2,1-3H3,(H,12,13,14). The maximum atomic E-state index is 10.9. The van der Waals surface area contributed by atoms with E-state index in [1.54, 1.807) is 0 Å². The van der Waals surface area contributed by atoms with Crippen LogP contribution in [0, 0.1) is 17.0 Å². The molecule has 18 heavy (non-hydrogen) atoms. The lowest BCUT2D eigenvalue weighted by atomic mass is 10.3. The van der Waals surface area contributed by atoms with Gasteiger partial charge in [0.15, 0.2) is 0 Å². The van der Waals surface area contributed by atoms with E-state index in [1.807, 2.05) is 14.0 Å². The van der Waals surface area contributed by atoms with Gasteiger partial charge in [0.2, 0.25) is 11.1 Å². The van der Waals surface area contributed by atoms with Crippen LogP contribution < -0.4 is 5.32 Å². The van der Waals surface area contributed by atoms with E-state index in [9.17, 15) is 10.1 Å². The molecule has 8 heteroatoms. The van der Waals surface area contributed by atoms with Crippen molar-refractivity contribution in [2.24, 2.45) is 0 Å². The molecule has 1 aromatic rings. The van der Waals surface area contributed by atoms with Gasteiger partial charge in [-0.1, -0.05) is 6.92 Å². The van der Waals surface area contributed by atoms with E-state index >= 15 is 0 Å². The summed E-state index contributed by atoms with van der Waals surface area (Å²) in [6.45, 7) is 5.79. The summed E-state index contributed by atoms with van der Waals surface area (Å²) in [6.07, 6.45) is 0. The largest absolute Gasteiger partial charge is 0.363 e. The van der Waals surface area contributed by atoms with Gasteiger partial charge in [-0.2, -0.15) is 4.98 Å². The Labute approximate surface area is 110 Å². The Hall–Kier alpha value is -1.47. The monoisotopic (exact) mass is 273 g/mol. The number of aromatic nitrogens is 2. The summed E-state index contributed by atoms with van der Waals surface area (Å²) < 4.78 is 0. The van der Waals surface area contributed by atoms with Crippen LogP contribution >= 0.6 is 11.6 Å². The van der Waals surface area contributed by atoms with Crippen molar-refractivity contribution >= 4 is 23.1 Å². The number of aryl methyl sites for hydroxylation is 1. The predicted molar refractivity (Wildman–Crippen MR) is 70.1 cm³/mol. The first kappa shape index (κ1) is 14.6. The first-order valence-electron chi connectivity index (χ1n) is 5.56. The highest BCUT2D eigenvalue weighted by Gasteiger charge is 2.21. The number of nitrogens with one attached hydrogen (secondary N) is 1. The van der Waals surface area contributed by atoms with E-state index in [2.05, 4.69) is 20.2 Å². The van der Waals surface area contributed by atoms with Gasteiger partial charge in [0.1, 0.15) is 5.69 Å². The van der Waals surface area contributed by atoms with E-state index < -0.39 is 4.92 Å². The van der Waals surface area contributed by atoms with Crippen LogP contribution in [-0.4, -0.2) is 46.5 Å². The summed E-state index contributed by atoms with van der Waals surface area (Å²) in [5.74, 6) is 0.169. The molecule has 0 unspecified atom stereocenters. The average Bonchev–Trinajstić information content (AvgIpc) is 2.27. The summed E-state index contributed by atoms with van der Waals surface area (Å²) in [5, 5.41) is 13.9. The summed E-state index contributed by atoms with van der Waals surface area (Å²) in [7, 11) is 1.97. The number of likely N-dealkylation sites (N-methyl/N-ethyl adjacent to an activating group) is 1. The lowest BCUT2D eigenvalue weighted by Crippen LogP contribution is -2.25. The molecular formula is C10H16ClN5O2. The molecule has 1 N–H and O–H groups in total. The minimum Gasteiger partial charge on any atom is -0.363 e. The molecule has 1 heterocycles. The lowest BCUT2D eigenvalue weighted by Gasteiger charge is -2.14. The van der Waals surface area contributed by atoms with E-state index in [4.69, 9.17) is 11.6 Å². The third-order valence-corrected chi connectivity index (χ3v) is 2.71. The maximum absolute atomic E-state index is 10.9. The van der Waals surface area contributed by atoms with Crippen LogP contribution in [-0.2, 0) is 0 Å². The van der Waals surface area contributed by atoms with Gasteiger partial charge in [-0.3, -0.25) is 10.1 Å². The first-order valence-corrected chi connectivity index (χ1v) is 5.94. The molecule has 1 rings (SSSR count). The van der Waals surface area contributed by atoms with Crippen LogP contribution in [0.5, 0.6) is 0 Å².